The van der Waals surface area contributed by atoms with Crippen LogP contribution < -0.4 is 26.2 Å². The number of rotatable bonds is 8. The molecule has 4 rings (SSSR count). The summed E-state index contributed by atoms with van der Waals surface area (Å²) >= 11 is 0. The van der Waals surface area contributed by atoms with Gasteiger partial charge in [0.25, 0.3) is 11.1 Å². The van der Waals surface area contributed by atoms with Gasteiger partial charge in [0.1, 0.15) is 11.8 Å². The molecule has 1 fully saturated rings. The second-order valence-electron chi connectivity index (χ2n) is 8.40. The van der Waals surface area contributed by atoms with E-state index in [-0.39, 0.29) is 61.0 Å². The number of benzene rings is 1. The number of carbonyl (C=O) groups excluding carboxylic acids is 2. The van der Waals surface area contributed by atoms with Gasteiger partial charge in [-0.25, -0.2) is 32.9 Å². The van der Waals surface area contributed by atoms with E-state index >= 15 is 8.78 Å². The van der Waals surface area contributed by atoms with Gasteiger partial charge in [0.05, 0.1) is 25.3 Å². The highest BCUT2D eigenvalue weighted by Gasteiger charge is 2.33. The number of carbonyl (C=O) groups is 2. The molecule has 0 radical (unpaired) electrons. The third-order valence-electron chi connectivity index (χ3n) is 6.04. The van der Waals surface area contributed by atoms with Gasteiger partial charge in [0, 0.05) is 51.6 Å². The van der Waals surface area contributed by atoms with Crippen LogP contribution in [0.4, 0.5) is 25.0 Å². The first kappa shape index (κ1) is 25.7. The lowest BCUT2D eigenvalue weighted by Gasteiger charge is -2.26. The first-order valence-corrected chi connectivity index (χ1v) is 11.5. The van der Waals surface area contributed by atoms with Crippen molar-refractivity contribution in [3.05, 3.63) is 56.9 Å². The number of likely N-dealkylation sites (N-methyl/N-ethyl adjacent to an activating group) is 1. The Kier molecular flexibility index (Phi) is 7.18. The SMILES string of the molecule is CCN(CCn1c(=O)c2nccnc2c(=O)n1C)c1c(F)cc(N2C[C@H](CNC(C)=O)OC2=O)cc1F. The van der Waals surface area contributed by atoms with Crippen LogP contribution in [0.3, 0.4) is 0 Å². The van der Waals surface area contributed by atoms with Gasteiger partial charge in [-0.2, -0.15) is 0 Å². The standard InChI is InChI=1S/C23H25F2N7O5/c1-4-30(7-8-32-22(35)19-18(21(34)29(32)3)26-5-6-27-19)20-16(24)9-14(10-17(20)25)31-12-15(37-23(31)36)11-28-13(2)33/h5-6,9-10,15H,4,7-8,11-12H2,1-3H3,(H,28,33)/t15-/m0/s1. The van der Waals surface area contributed by atoms with Crippen LogP contribution in [0.2, 0.25) is 0 Å². The summed E-state index contributed by atoms with van der Waals surface area (Å²) in [6, 6.07) is 2.05. The lowest BCUT2D eigenvalue weighted by Crippen LogP contribution is -2.41. The van der Waals surface area contributed by atoms with E-state index in [0.717, 1.165) is 26.4 Å². The fraction of sp³-hybridized carbons (Fsp3) is 0.391. The number of halogens is 2. The number of amides is 2. The molecule has 0 spiro atoms. The lowest BCUT2D eigenvalue weighted by molar-refractivity contribution is -0.119. The van der Waals surface area contributed by atoms with Gasteiger partial charge in [-0.05, 0) is 6.92 Å². The highest BCUT2D eigenvalue weighted by atomic mass is 19.1. The van der Waals surface area contributed by atoms with Gasteiger partial charge in [-0.3, -0.25) is 19.3 Å². The maximum Gasteiger partial charge on any atom is 0.414 e. The van der Waals surface area contributed by atoms with Crippen molar-refractivity contribution in [3.8, 4) is 0 Å². The zero-order valence-corrected chi connectivity index (χ0v) is 20.4. The van der Waals surface area contributed by atoms with E-state index in [4.69, 9.17) is 4.74 Å². The minimum atomic E-state index is -0.916. The van der Waals surface area contributed by atoms with Crippen LogP contribution in [0.1, 0.15) is 13.8 Å². The van der Waals surface area contributed by atoms with Gasteiger partial charge in [0.2, 0.25) is 5.91 Å². The van der Waals surface area contributed by atoms with E-state index in [0.29, 0.717) is 0 Å². The molecule has 2 amide bonds. The van der Waals surface area contributed by atoms with Crippen molar-refractivity contribution >= 4 is 34.4 Å². The molecular weight excluding hydrogens is 492 g/mol. The zero-order valence-electron chi connectivity index (χ0n) is 20.4. The molecule has 0 unspecified atom stereocenters. The molecule has 2 aromatic heterocycles. The number of cyclic esters (lactones) is 1. The zero-order chi connectivity index (χ0) is 26.9. The van der Waals surface area contributed by atoms with Crippen molar-refractivity contribution < 1.29 is 23.1 Å². The lowest BCUT2D eigenvalue weighted by atomic mass is 10.2. The first-order valence-electron chi connectivity index (χ1n) is 11.5. The van der Waals surface area contributed by atoms with Gasteiger partial charge < -0.3 is 15.0 Å². The second kappa shape index (κ2) is 10.3. The van der Waals surface area contributed by atoms with Gasteiger partial charge in [-0.15, -0.1) is 0 Å². The molecule has 1 aliphatic rings. The fourth-order valence-corrected chi connectivity index (χ4v) is 4.17. The summed E-state index contributed by atoms with van der Waals surface area (Å²) in [5, 5.41) is 2.53. The Morgan fingerprint density at radius 3 is 2.35 bits per heavy atom. The van der Waals surface area contributed by atoms with Gasteiger partial charge in [0.15, 0.2) is 22.7 Å². The van der Waals surface area contributed by atoms with Crippen LogP contribution in [0.25, 0.3) is 11.0 Å². The molecular formula is C23H25F2N7O5. The molecule has 1 atom stereocenters. The highest BCUT2D eigenvalue weighted by molar-refractivity contribution is 5.90. The Morgan fingerprint density at radius 1 is 1.14 bits per heavy atom. The number of nitrogens with one attached hydrogen (secondary N) is 1. The fourth-order valence-electron chi connectivity index (χ4n) is 4.17. The van der Waals surface area contributed by atoms with E-state index in [1.807, 2.05) is 0 Å². The summed E-state index contributed by atoms with van der Waals surface area (Å²) in [5.74, 6) is -2.13. The minimum Gasteiger partial charge on any atom is -0.442 e. The van der Waals surface area contributed by atoms with Crippen molar-refractivity contribution in [2.24, 2.45) is 7.05 Å². The molecule has 0 bridgehead atoms. The summed E-state index contributed by atoms with van der Waals surface area (Å²) < 4.78 is 37.7. The molecule has 1 aromatic carbocycles. The third kappa shape index (κ3) is 4.99. The summed E-state index contributed by atoms with van der Waals surface area (Å²) in [4.78, 5) is 59.1. The first-order chi connectivity index (χ1) is 17.6. The van der Waals surface area contributed by atoms with Gasteiger partial charge in [-0.1, -0.05) is 0 Å². The van der Waals surface area contributed by atoms with Crippen molar-refractivity contribution in [2.75, 3.05) is 36.0 Å². The van der Waals surface area contributed by atoms with Crippen LogP contribution in [-0.4, -0.2) is 63.6 Å². The number of hydrogen-bond donors (Lipinski definition) is 1. The largest absolute Gasteiger partial charge is 0.442 e. The number of nitrogens with zero attached hydrogens (tertiary/aromatic N) is 6. The van der Waals surface area contributed by atoms with E-state index < -0.39 is 35.0 Å². The molecule has 0 aliphatic carbocycles. The highest BCUT2D eigenvalue weighted by Crippen LogP contribution is 2.31. The smallest absolute Gasteiger partial charge is 0.414 e. The summed E-state index contributed by atoms with van der Waals surface area (Å²) in [5.41, 5.74) is -1.61. The number of hydrogen-bond acceptors (Lipinski definition) is 8. The number of aromatic nitrogens is 4. The molecule has 3 aromatic rings. The Hall–Kier alpha value is -4.36. The van der Waals surface area contributed by atoms with E-state index in [2.05, 4.69) is 15.3 Å². The molecule has 14 heteroatoms. The maximum atomic E-state index is 15.2. The summed E-state index contributed by atoms with van der Waals surface area (Å²) in [6.07, 6.45) is 1.17. The number of ether oxygens (including phenoxy) is 1. The molecule has 37 heavy (non-hydrogen) atoms. The predicted octanol–water partition coefficient (Wildman–Crippen LogP) is 0.756. The van der Waals surface area contributed by atoms with Crippen LogP contribution in [0.5, 0.6) is 0 Å². The van der Waals surface area contributed by atoms with Crippen LogP contribution in [0.15, 0.2) is 34.1 Å². The predicted molar refractivity (Wildman–Crippen MR) is 130 cm³/mol. The average molecular weight is 517 g/mol. The average Bonchev–Trinajstić information content (AvgIpc) is 3.24. The Morgan fingerprint density at radius 2 is 1.76 bits per heavy atom. The van der Waals surface area contributed by atoms with E-state index in [1.54, 1.807) is 6.92 Å². The molecule has 12 nitrogen and oxygen atoms in total. The van der Waals surface area contributed by atoms with Crippen molar-refractivity contribution in [1.82, 2.24) is 24.6 Å². The quantitative estimate of drug-likeness (QED) is 0.463. The molecule has 196 valence electrons. The van der Waals surface area contributed by atoms with E-state index in [1.165, 1.54) is 31.3 Å². The Labute approximate surface area is 209 Å². The van der Waals surface area contributed by atoms with Gasteiger partial charge >= 0.3 is 6.09 Å². The normalized spacial score (nSPS) is 15.2. The Balaban J connectivity index is 1.57. The monoisotopic (exact) mass is 517 g/mol. The van der Waals surface area contributed by atoms with Crippen molar-refractivity contribution in [2.45, 2.75) is 26.5 Å². The Bertz CT molecular complexity index is 1470. The number of fused-ring (bicyclic) bond motifs is 1. The van der Waals surface area contributed by atoms with Crippen molar-refractivity contribution in [3.63, 3.8) is 0 Å². The molecule has 1 saturated heterocycles. The summed E-state index contributed by atoms with van der Waals surface area (Å²) in [6.45, 7) is 3.21. The molecule has 3 heterocycles. The summed E-state index contributed by atoms with van der Waals surface area (Å²) in [7, 11) is 1.40. The van der Waals surface area contributed by atoms with Crippen LogP contribution in [-0.2, 0) is 23.1 Å². The maximum absolute atomic E-state index is 15.2. The minimum absolute atomic E-state index is 0.00676. The molecule has 0 saturated carbocycles. The van der Waals surface area contributed by atoms with Crippen LogP contribution in [0, 0.1) is 11.6 Å². The topological polar surface area (TPSA) is 132 Å². The number of anilines is 2. The molecule has 1 aliphatic heterocycles. The third-order valence-corrected chi connectivity index (χ3v) is 6.04. The second-order valence-corrected chi connectivity index (χ2v) is 8.40. The molecule has 1 N–H and O–H groups in total. The van der Waals surface area contributed by atoms with Crippen LogP contribution >= 0.6 is 0 Å². The van der Waals surface area contributed by atoms with E-state index in [9.17, 15) is 19.2 Å². The van der Waals surface area contributed by atoms with Crippen molar-refractivity contribution in [1.29, 1.82) is 0 Å².